The maximum Gasteiger partial charge on any atom is 0.254 e. The molecule has 0 heterocycles. The Morgan fingerprint density at radius 1 is 1.24 bits per heavy atom. The lowest BCUT2D eigenvalue weighted by atomic mass is 10.2. The number of ether oxygens (including phenoxy) is 1. The van der Waals surface area contributed by atoms with E-state index < -0.39 is 10.0 Å². The molecule has 2 N–H and O–H groups in total. The van der Waals surface area contributed by atoms with Crippen LogP contribution in [0.2, 0.25) is 0 Å². The first-order chi connectivity index (χ1) is 11.7. The Morgan fingerprint density at radius 2 is 1.88 bits per heavy atom. The second-order valence-electron chi connectivity index (χ2n) is 5.22. The molecule has 9 heteroatoms. The molecular weight excluding hydrogens is 415 g/mol. The van der Waals surface area contributed by atoms with Gasteiger partial charge in [-0.25, -0.2) is 17.9 Å². The molecule has 25 heavy (non-hydrogen) atoms. The molecule has 0 aromatic heterocycles. The summed E-state index contributed by atoms with van der Waals surface area (Å²) in [6, 6.07) is 9.52. The summed E-state index contributed by atoms with van der Waals surface area (Å²) in [5.74, 6) is -0.265. The van der Waals surface area contributed by atoms with Crippen LogP contribution in [0.5, 0.6) is 5.75 Å². The van der Waals surface area contributed by atoms with Crippen molar-refractivity contribution in [3.63, 3.8) is 0 Å². The van der Waals surface area contributed by atoms with Gasteiger partial charge < -0.3 is 9.64 Å². The molecule has 0 spiro atoms. The molecular formula is C16H16BrFN2O4S. The summed E-state index contributed by atoms with van der Waals surface area (Å²) >= 11 is 3.23. The lowest BCUT2D eigenvalue weighted by molar-refractivity contribution is 0.0772. The number of hydrogen-bond acceptors (Lipinski definition) is 4. The van der Waals surface area contributed by atoms with E-state index in [4.69, 9.17) is 9.88 Å². The van der Waals surface area contributed by atoms with E-state index >= 15 is 0 Å². The first kappa shape index (κ1) is 19.4. The SMILES string of the molecule is CN(CCOc1ccc(F)cc1)C(=O)c1cc(S(N)(=O)=O)ccc1Br. The number of nitrogens with two attached hydrogens (primary N) is 1. The standard InChI is InChI=1S/C16H16BrFN2O4S/c1-20(8-9-24-12-4-2-11(18)3-5-12)16(21)14-10-13(25(19,22)23)6-7-15(14)17/h2-7,10H,8-9H2,1H3,(H2,19,22,23). The van der Waals surface area contributed by atoms with Gasteiger partial charge in [-0.15, -0.1) is 0 Å². The number of carbonyl (C=O) groups is 1. The van der Waals surface area contributed by atoms with Crippen LogP contribution < -0.4 is 9.88 Å². The number of sulfonamides is 1. The molecule has 1 amide bonds. The van der Waals surface area contributed by atoms with Crippen molar-refractivity contribution in [2.45, 2.75) is 4.90 Å². The number of primary sulfonamides is 1. The first-order valence-corrected chi connectivity index (χ1v) is 9.48. The fourth-order valence-corrected chi connectivity index (χ4v) is 2.94. The topological polar surface area (TPSA) is 89.7 Å². The quantitative estimate of drug-likeness (QED) is 0.761. The molecule has 2 aromatic rings. The molecule has 0 aliphatic rings. The van der Waals surface area contributed by atoms with Crippen LogP contribution in [0.3, 0.4) is 0 Å². The van der Waals surface area contributed by atoms with E-state index in [2.05, 4.69) is 15.9 Å². The highest BCUT2D eigenvalue weighted by atomic mass is 79.9. The summed E-state index contributed by atoms with van der Waals surface area (Å²) < 4.78 is 41.6. The fourth-order valence-electron chi connectivity index (χ4n) is 1.98. The van der Waals surface area contributed by atoms with Crippen molar-refractivity contribution >= 4 is 31.9 Å². The van der Waals surface area contributed by atoms with Gasteiger partial charge in [-0.05, 0) is 58.4 Å². The minimum absolute atomic E-state index is 0.144. The normalized spacial score (nSPS) is 11.2. The summed E-state index contributed by atoms with van der Waals surface area (Å²) in [7, 11) is -2.34. The van der Waals surface area contributed by atoms with E-state index in [0.717, 1.165) is 0 Å². The summed E-state index contributed by atoms with van der Waals surface area (Å²) in [6.45, 7) is 0.447. The Morgan fingerprint density at radius 3 is 2.48 bits per heavy atom. The molecule has 0 unspecified atom stereocenters. The first-order valence-electron chi connectivity index (χ1n) is 7.14. The summed E-state index contributed by atoms with van der Waals surface area (Å²) in [5.41, 5.74) is 0.177. The average molecular weight is 431 g/mol. The number of carbonyl (C=O) groups excluding carboxylic acids is 1. The second kappa shape index (κ2) is 7.94. The van der Waals surface area contributed by atoms with E-state index in [1.807, 2.05) is 0 Å². The maximum atomic E-state index is 12.8. The van der Waals surface area contributed by atoms with Crippen molar-refractivity contribution in [1.82, 2.24) is 4.90 Å². The second-order valence-corrected chi connectivity index (χ2v) is 7.63. The predicted molar refractivity (Wildman–Crippen MR) is 94.4 cm³/mol. The van der Waals surface area contributed by atoms with Crippen LogP contribution >= 0.6 is 15.9 Å². The van der Waals surface area contributed by atoms with E-state index in [9.17, 15) is 17.6 Å². The van der Waals surface area contributed by atoms with Gasteiger partial charge >= 0.3 is 0 Å². The van der Waals surface area contributed by atoms with Crippen LogP contribution in [0.25, 0.3) is 0 Å². The van der Waals surface area contributed by atoms with Gasteiger partial charge in [0.25, 0.3) is 5.91 Å². The van der Waals surface area contributed by atoms with Gasteiger partial charge in [-0.2, -0.15) is 0 Å². The number of amides is 1. The molecule has 0 aliphatic heterocycles. The minimum atomic E-state index is -3.90. The third kappa shape index (κ3) is 5.25. The lowest BCUT2D eigenvalue weighted by Crippen LogP contribution is -2.31. The number of likely N-dealkylation sites (N-methyl/N-ethyl adjacent to an activating group) is 1. The van der Waals surface area contributed by atoms with Gasteiger partial charge in [-0.1, -0.05) is 0 Å². The number of benzene rings is 2. The van der Waals surface area contributed by atoms with Crippen LogP contribution in [0.15, 0.2) is 51.8 Å². The van der Waals surface area contributed by atoms with Crippen molar-refractivity contribution < 1.29 is 22.3 Å². The van der Waals surface area contributed by atoms with Crippen molar-refractivity contribution in [3.05, 3.63) is 58.3 Å². The number of halogens is 2. The largest absolute Gasteiger partial charge is 0.492 e. The van der Waals surface area contributed by atoms with Gasteiger partial charge in [0.15, 0.2) is 0 Å². The van der Waals surface area contributed by atoms with Gasteiger partial charge in [0.05, 0.1) is 17.0 Å². The molecule has 0 saturated heterocycles. The van der Waals surface area contributed by atoms with Crippen LogP contribution in [-0.2, 0) is 10.0 Å². The van der Waals surface area contributed by atoms with Crippen molar-refractivity contribution in [2.24, 2.45) is 5.14 Å². The van der Waals surface area contributed by atoms with Gasteiger partial charge in [-0.3, -0.25) is 4.79 Å². The highest BCUT2D eigenvalue weighted by Gasteiger charge is 2.18. The van der Waals surface area contributed by atoms with Crippen LogP contribution in [0.4, 0.5) is 4.39 Å². The van der Waals surface area contributed by atoms with E-state index in [0.29, 0.717) is 10.2 Å². The number of hydrogen-bond donors (Lipinski definition) is 1. The number of nitrogens with zero attached hydrogens (tertiary/aromatic N) is 1. The summed E-state index contributed by atoms with van der Waals surface area (Å²) in [4.78, 5) is 13.7. The zero-order chi connectivity index (χ0) is 18.6. The third-order valence-corrected chi connectivity index (χ3v) is 4.96. The maximum absolute atomic E-state index is 12.8. The Kier molecular flexibility index (Phi) is 6.15. The van der Waals surface area contributed by atoms with Crippen molar-refractivity contribution in [3.8, 4) is 5.75 Å². The number of rotatable bonds is 6. The Labute approximate surface area is 153 Å². The molecule has 2 rings (SSSR count). The minimum Gasteiger partial charge on any atom is -0.492 e. The molecule has 0 aliphatic carbocycles. The van der Waals surface area contributed by atoms with Crippen molar-refractivity contribution in [1.29, 1.82) is 0 Å². The Balaban J connectivity index is 2.03. The molecule has 0 atom stereocenters. The molecule has 0 radical (unpaired) electrons. The molecule has 0 saturated carbocycles. The fraction of sp³-hybridized carbons (Fsp3) is 0.188. The van der Waals surface area contributed by atoms with Gasteiger partial charge in [0.1, 0.15) is 18.2 Å². The van der Waals surface area contributed by atoms with E-state index in [1.54, 1.807) is 7.05 Å². The average Bonchev–Trinajstić information content (AvgIpc) is 2.55. The van der Waals surface area contributed by atoms with E-state index in [1.165, 1.54) is 47.4 Å². The molecule has 2 aromatic carbocycles. The predicted octanol–water partition coefficient (Wildman–Crippen LogP) is 2.39. The van der Waals surface area contributed by atoms with Gasteiger partial charge in [0.2, 0.25) is 10.0 Å². The zero-order valence-corrected chi connectivity index (χ0v) is 15.7. The summed E-state index contributed by atoms with van der Waals surface area (Å²) in [5, 5.41) is 5.09. The highest BCUT2D eigenvalue weighted by molar-refractivity contribution is 9.10. The van der Waals surface area contributed by atoms with Crippen LogP contribution in [0, 0.1) is 5.82 Å². The van der Waals surface area contributed by atoms with Gasteiger partial charge in [0, 0.05) is 11.5 Å². The Bertz CT molecular complexity index is 872. The molecule has 0 fully saturated rings. The highest BCUT2D eigenvalue weighted by Crippen LogP contribution is 2.22. The molecule has 6 nitrogen and oxygen atoms in total. The Hall–Kier alpha value is -1.97. The van der Waals surface area contributed by atoms with Crippen LogP contribution in [-0.4, -0.2) is 39.4 Å². The van der Waals surface area contributed by atoms with E-state index in [-0.39, 0.29) is 35.3 Å². The third-order valence-electron chi connectivity index (χ3n) is 3.35. The molecule has 0 bridgehead atoms. The smallest absolute Gasteiger partial charge is 0.254 e. The van der Waals surface area contributed by atoms with Crippen molar-refractivity contribution in [2.75, 3.05) is 20.2 Å². The van der Waals surface area contributed by atoms with Crippen LogP contribution in [0.1, 0.15) is 10.4 Å². The molecule has 134 valence electrons. The lowest BCUT2D eigenvalue weighted by Gasteiger charge is -2.18. The summed E-state index contributed by atoms with van der Waals surface area (Å²) in [6.07, 6.45) is 0. The zero-order valence-electron chi connectivity index (χ0n) is 13.3. The monoisotopic (exact) mass is 430 g/mol.